The van der Waals surface area contributed by atoms with Gasteiger partial charge in [-0.1, -0.05) is 30.3 Å². The number of aryl methyl sites for hydroxylation is 2. The molecule has 0 spiro atoms. The molecule has 2 amide bonds. The lowest BCUT2D eigenvalue weighted by molar-refractivity contribution is 0.108. The van der Waals surface area contributed by atoms with E-state index in [-0.39, 0.29) is 12.1 Å². The van der Waals surface area contributed by atoms with Crippen LogP contribution in [-0.4, -0.2) is 50.1 Å². The Morgan fingerprint density at radius 2 is 1.86 bits per heavy atom. The number of amides is 2. The Morgan fingerprint density at radius 1 is 1.06 bits per heavy atom. The maximum atomic E-state index is 13.1. The van der Waals surface area contributed by atoms with Crippen LogP contribution < -0.4 is 5.32 Å². The summed E-state index contributed by atoms with van der Waals surface area (Å²) in [5.41, 5.74) is 8.17. The van der Waals surface area contributed by atoms with Gasteiger partial charge in [0.15, 0.2) is 0 Å². The number of pyridine rings is 1. The van der Waals surface area contributed by atoms with Gasteiger partial charge >= 0.3 is 6.03 Å². The van der Waals surface area contributed by atoms with Crippen molar-refractivity contribution in [3.05, 3.63) is 77.1 Å². The van der Waals surface area contributed by atoms with Crippen molar-refractivity contribution in [1.29, 1.82) is 0 Å². The van der Waals surface area contributed by atoms with Crippen LogP contribution in [0.2, 0.25) is 0 Å². The lowest BCUT2D eigenvalue weighted by Gasteiger charge is -2.41. The van der Waals surface area contributed by atoms with Crippen LogP contribution in [-0.2, 0) is 13.1 Å². The van der Waals surface area contributed by atoms with E-state index in [1.807, 2.05) is 24.8 Å². The van der Waals surface area contributed by atoms with Crippen molar-refractivity contribution >= 4 is 22.6 Å². The van der Waals surface area contributed by atoms with E-state index in [4.69, 9.17) is 0 Å². The number of anilines is 1. The molecule has 178 valence electrons. The van der Waals surface area contributed by atoms with Crippen molar-refractivity contribution in [3.63, 3.8) is 0 Å². The van der Waals surface area contributed by atoms with Gasteiger partial charge in [-0.2, -0.15) is 5.10 Å². The summed E-state index contributed by atoms with van der Waals surface area (Å²) in [5.74, 6) is 0. The third-order valence-corrected chi connectivity index (χ3v) is 7.16. The van der Waals surface area contributed by atoms with E-state index < -0.39 is 0 Å². The molecule has 2 aromatic carbocycles. The number of carbonyl (C=O) groups excluding carboxylic acids is 1. The molecule has 1 saturated heterocycles. The molecule has 0 radical (unpaired) electrons. The number of hydrogen-bond acceptors (Lipinski definition) is 4. The summed E-state index contributed by atoms with van der Waals surface area (Å²) in [6.45, 7) is 7.51. The Morgan fingerprint density at radius 3 is 2.66 bits per heavy atom. The van der Waals surface area contributed by atoms with Crippen molar-refractivity contribution in [2.45, 2.75) is 45.8 Å². The molecule has 0 bridgehead atoms. The summed E-state index contributed by atoms with van der Waals surface area (Å²) in [6, 6.07) is 19.1. The van der Waals surface area contributed by atoms with Gasteiger partial charge in [-0.25, -0.2) is 4.79 Å². The number of hydrogen-bond donors (Lipinski definition) is 2. The first kappa shape index (κ1) is 21.8. The summed E-state index contributed by atoms with van der Waals surface area (Å²) >= 11 is 0. The van der Waals surface area contributed by atoms with E-state index in [9.17, 15) is 4.79 Å². The summed E-state index contributed by atoms with van der Waals surface area (Å²) in [7, 11) is 0. The number of urea groups is 1. The van der Waals surface area contributed by atoms with Crippen LogP contribution in [0.5, 0.6) is 0 Å². The van der Waals surface area contributed by atoms with E-state index in [1.54, 1.807) is 0 Å². The molecule has 2 aliphatic heterocycles. The zero-order valence-electron chi connectivity index (χ0n) is 20.2. The first-order chi connectivity index (χ1) is 17.0. The topological polar surface area (TPSA) is 77.2 Å². The minimum Gasteiger partial charge on any atom is -0.316 e. The largest absolute Gasteiger partial charge is 0.322 e. The number of H-pyrrole nitrogens is 1. The number of fused-ring (bicyclic) bond motifs is 2. The minimum absolute atomic E-state index is 0.0106. The average Bonchev–Trinajstić information content (AvgIpc) is 3.25. The van der Waals surface area contributed by atoms with E-state index in [2.05, 4.69) is 73.9 Å². The highest BCUT2D eigenvalue weighted by Crippen LogP contribution is 2.34. The highest BCUT2D eigenvalue weighted by Gasteiger charge is 2.32. The predicted molar refractivity (Wildman–Crippen MR) is 138 cm³/mol. The molecule has 2 aliphatic rings. The van der Waals surface area contributed by atoms with E-state index in [0.717, 1.165) is 77.3 Å². The van der Waals surface area contributed by atoms with Gasteiger partial charge in [0.05, 0.1) is 5.52 Å². The fourth-order valence-corrected chi connectivity index (χ4v) is 5.56. The summed E-state index contributed by atoms with van der Waals surface area (Å²) in [4.78, 5) is 22.1. The highest BCUT2D eigenvalue weighted by atomic mass is 16.2. The number of nitrogens with zero attached hydrogens (tertiary/aromatic N) is 4. The molecule has 0 saturated carbocycles. The van der Waals surface area contributed by atoms with Crippen molar-refractivity contribution in [3.8, 4) is 11.3 Å². The summed E-state index contributed by atoms with van der Waals surface area (Å²) in [6.07, 6.45) is 2.13. The molecule has 6 rings (SSSR count). The fraction of sp³-hybridized carbons (Fsp3) is 0.321. The number of aromatic nitrogens is 3. The number of piperidine rings is 1. The Kier molecular flexibility index (Phi) is 5.49. The Balaban J connectivity index is 1.27. The molecule has 0 aliphatic carbocycles. The van der Waals surface area contributed by atoms with Gasteiger partial charge in [0.2, 0.25) is 0 Å². The second-order valence-electron chi connectivity index (χ2n) is 9.84. The van der Waals surface area contributed by atoms with Gasteiger partial charge in [0.25, 0.3) is 0 Å². The normalized spacial score (nSPS) is 18.5. The average molecular weight is 467 g/mol. The standard InChI is InChI=1S/C28H30N6O/c1-18-11-21(12-19(2)29-18)27-24-13-22-16-34(28(35)30-25(22)14-26(24)31-32-27)23-9-6-10-33(17-23)15-20-7-4-3-5-8-20/h3-5,7-8,11-14,23H,6,9-10,15-17H2,1-2H3,(H,30,35)(H,31,32). The Bertz CT molecular complexity index is 1380. The van der Waals surface area contributed by atoms with Gasteiger partial charge in [-0.3, -0.25) is 15.0 Å². The lowest BCUT2D eigenvalue weighted by Crippen LogP contribution is -2.52. The monoisotopic (exact) mass is 466 g/mol. The van der Waals surface area contributed by atoms with Crippen LogP contribution >= 0.6 is 0 Å². The van der Waals surface area contributed by atoms with Crippen molar-refractivity contribution in [2.24, 2.45) is 0 Å². The van der Waals surface area contributed by atoms with Gasteiger partial charge in [0.1, 0.15) is 5.69 Å². The number of nitrogens with one attached hydrogen (secondary N) is 2. The maximum absolute atomic E-state index is 13.1. The van der Waals surface area contributed by atoms with Gasteiger partial charge in [0, 0.05) is 53.7 Å². The molecular formula is C28H30N6O. The van der Waals surface area contributed by atoms with Crippen LogP contribution in [0.4, 0.5) is 10.5 Å². The third kappa shape index (κ3) is 4.28. The van der Waals surface area contributed by atoms with E-state index in [0.29, 0.717) is 6.54 Å². The van der Waals surface area contributed by atoms with Gasteiger partial charge < -0.3 is 10.2 Å². The molecule has 4 heterocycles. The van der Waals surface area contributed by atoms with Crippen LogP contribution in [0.15, 0.2) is 54.6 Å². The number of likely N-dealkylation sites (tertiary alicyclic amines) is 1. The summed E-state index contributed by atoms with van der Waals surface area (Å²) in [5, 5.41) is 12.0. The molecule has 1 atom stereocenters. The van der Waals surface area contributed by atoms with Crippen LogP contribution in [0.25, 0.3) is 22.2 Å². The van der Waals surface area contributed by atoms with E-state index in [1.165, 1.54) is 5.56 Å². The van der Waals surface area contributed by atoms with Crippen LogP contribution in [0, 0.1) is 13.8 Å². The van der Waals surface area contributed by atoms with Gasteiger partial charge in [-0.05, 0) is 68.6 Å². The number of benzene rings is 2. The fourth-order valence-electron chi connectivity index (χ4n) is 5.56. The highest BCUT2D eigenvalue weighted by molar-refractivity contribution is 6.00. The van der Waals surface area contributed by atoms with Gasteiger partial charge in [-0.15, -0.1) is 0 Å². The molecule has 1 unspecified atom stereocenters. The van der Waals surface area contributed by atoms with E-state index >= 15 is 0 Å². The number of aromatic amines is 1. The SMILES string of the molecule is Cc1cc(-c2n[nH]c3cc4c(cc23)CN(C2CCCN(Cc3ccccc3)C2)C(=O)N4)cc(C)n1. The molecule has 1 fully saturated rings. The first-order valence-electron chi connectivity index (χ1n) is 12.3. The molecular weight excluding hydrogens is 436 g/mol. The number of rotatable bonds is 4. The van der Waals surface area contributed by atoms with Crippen molar-refractivity contribution < 1.29 is 4.79 Å². The summed E-state index contributed by atoms with van der Waals surface area (Å²) < 4.78 is 0. The lowest BCUT2D eigenvalue weighted by atomic mass is 9.99. The molecule has 35 heavy (non-hydrogen) atoms. The Hall–Kier alpha value is -3.71. The molecule has 2 aromatic heterocycles. The quantitative estimate of drug-likeness (QED) is 0.430. The molecule has 7 nitrogen and oxygen atoms in total. The van der Waals surface area contributed by atoms with Crippen LogP contribution in [0.1, 0.15) is 35.4 Å². The maximum Gasteiger partial charge on any atom is 0.322 e. The second-order valence-corrected chi connectivity index (χ2v) is 9.84. The zero-order valence-corrected chi connectivity index (χ0v) is 20.2. The zero-order chi connectivity index (χ0) is 23.9. The first-order valence-corrected chi connectivity index (χ1v) is 12.3. The van der Waals surface area contributed by atoms with Crippen LogP contribution in [0.3, 0.4) is 0 Å². The predicted octanol–water partition coefficient (Wildman–Crippen LogP) is 5.25. The second kappa shape index (κ2) is 8.82. The van der Waals surface area contributed by atoms with Crippen molar-refractivity contribution in [1.82, 2.24) is 25.0 Å². The van der Waals surface area contributed by atoms with Crippen molar-refractivity contribution in [2.75, 3.05) is 18.4 Å². The smallest absolute Gasteiger partial charge is 0.316 e. The molecule has 4 aromatic rings. The third-order valence-electron chi connectivity index (χ3n) is 7.16. The Labute approximate surface area is 205 Å². The number of carbonyl (C=O) groups is 1. The molecule has 7 heteroatoms. The molecule has 2 N–H and O–H groups in total. The minimum atomic E-state index is -0.0106.